The highest BCUT2D eigenvalue weighted by atomic mass is 32.1. The minimum absolute atomic E-state index is 0.0468. The molecule has 0 saturated carbocycles. The molecule has 1 aromatic carbocycles. The van der Waals surface area contributed by atoms with Gasteiger partial charge in [-0.3, -0.25) is 14.5 Å². The topological polar surface area (TPSA) is 68.8 Å². The first kappa shape index (κ1) is 21.8. The lowest BCUT2D eigenvalue weighted by Crippen LogP contribution is -2.39. The molecule has 1 N–H and O–H groups in total. The zero-order valence-corrected chi connectivity index (χ0v) is 19.0. The van der Waals surface area contributed by atoms with Crippen molar-refractivity contribution in [3.8, 4) is 0 Å². The molecule has 2 saturated heterocycles. The number of amides is 2. The molecule has 31 heavy (non-hydrogen) atoms. The molecule has 0 radical (unpaired) electrons. The Morgan fingerprint density at radius 2 is 1.94 bits per heavy atom. The molecule has 166 valence electrons. The Morgan fingerprint density at radius 1 is 1.10 bits per heavy atom. The summed E-state index contributed by atoms with van der Waals surface area (Å²) >= 11 is 1.69. The number of aromatic nitrogens is 1. The number of thiazole rings is 1. The van der Waals surface area contributed by atoms with Gasteiger partial charge in [-0.2, -0.15) is 0 Å². The number of carbonyl (C=O) groups is 2. The molecule has 2 amide bonds. The molecule has 2 fully saturated rings. The van der Waals surface area contributed by atoms with E-state index in [9.17, 15) is 9.59 Å². The van der Waals surface area contributed by atoms with Crippen molar-refractivity contribution >= 4 is 28.3 Å². The maximum Gasteiger partial charge on any atom is 0.234 e. The number of rotatable bonds is 7. The Bertz CT molecular complexity index is 915. The van der Waals surface area contributed by atoms with Crippen LogP contribution in [0.4, 0.5) is 5.13 Å². The molecule has 0 aliphatic carbocycles. The van der Waals surface area contributed by atoms with Crippen LogP contribution in [0.5, 0.6) is 0 Å². The average molecular weight is 442 g/mol. The number of aryl methyl sites for hydroxylation is 1. The molecule has 7 nitrogen and oxygen atoms in total. The van der Waals surface area contributed by atoms with E-state index in [1.54, 1.807) is 11.3 Å². The first-order valence-corrected chi connectivity index (χ1v) is 12.0. The first-order valence-electron chi connectivity index (χ1n) is 11.1. The first-order chi connectivity index (χ1) is 15.1. The maximum atomic E-state index is 12.6. The number of anilines is 1. The largest absolute Gasteiger partial charge is 0.351 e. The van der Waals surface area contributed by atoms with Gasteiger partial charge in [0.1, 0.15) is 0 Å². The molecule has 3 heterocycles. The van der Waals surface area contributed by atoms with E-state index in [2.05, 4.69) is 31.5 Å². The summed E-state index contributed by atoms with van der Waals surface area (Å²) in [5, 5.41) is 6.25. The Kier molecular flexibility index (Phi) is 7.19. The highest BCUT2D eigenvalue weighted by Gasteiger charge is 2.21. The molecule has 0 atom stereocenters. The van der Waals surface area contributed by atoms with Gasteiger partial charge in [0.15, 0.2) is 5.13 Å². The number of carbonyl (C=O) groups excluding carboxylic acids is 2. The third kappa shape index (κ3) is 5.83. The third-order valence-electron chi connectivity index (χ3n) is 5.96. The van der Waals surface area contributed by atoms with Crippen LogP contribution in [0.15, 0.2) is 29.6 Å². The van der Waals surface area contributed by atoms with Crippen molar-refractivity contribution in [3.63, 3.8) is 0 Å². The number of hydrogen-bond acceptors (Lipinski definition) is 6. The van der Waals surface area contributed by atoms with E-state index in [-0.39, 0.29) is 11.8 Å². The zero-order valence-electron chi connectivity index (χ0n) is 18.2. The van der Waals surface area contributed by atoms with Gasteiger partial charge in [0.05, 0.1) is 12.2 Å². The zero-order chi connectivity index (χ0) is 21.6. The maximum absolute atomic E-state index is 12.6. The summed E-state index contributed by atoms with van der Waals surface area (Å²) in [6.45, 7) is 8.04. The summed E-state index contributed by atoms with van der Waals surface area (Å²) in [6, 6.07) is 8.07. The SMILES string of the molecule is Cc1csc(N2CCCN(CC(=O)NCc3ccccc3CN3CCCC3=O)CC2)n1. The lowest BCUT2D eigenvalue weighted by molar-refractivity contribution is -0.128. The van der Waals surface area contributed by atoms with Gasteiger partial charge in [0.25, 0.3) is 0 Å². The highest BCUT2D eigenvalue weighted by molar-refractivity contribution is 7.13. The molecule has 0 bridgehead atoms. The fourth-order valence-corrected chi connectivity index (χ4v) is 5.08. The fraction of sp³-hybridized carbons (Fsp3) is 0.522. The summed E-state index contributed by atoms with van der Waals surface area (Å²) in [7, 11) is 0. The second-order valence-corrected chi connectivity index (χ2v) is 9.19. The van der Waals surface area contributed by atoms with E-state index >= 15 is 0 Å². The molecule has 2 aliphatic rings. The van der Waals surface area contributed by atoms with Crippen LogP contribution in [0.25, 0.3) is 0 Å². The van der Waals surface area contributed by atoms with Crippen LogP contribution in [-0.4, -0.2) is 65.9 Å². The van der Waals surface area contributed by atoms with Crippen molar-refractivity contribution in [2.24, 2.45) is 0 Å². The molecular formula is C23H31N5O2S. The molecule has 0 unspecified atom stereocenters. The van der Waals surface area contributed by atoms with Gasteiger partial charge in [-0.15, -0.1) is 11.3 Å². The normalized spacial score (nSPS) is 17.8. The van der Waals surface area contributed by atoms with Crippen LogP contribution < -0.4 is 10.2 Å². The summed E-state index contributed by atoms with van der Waals surface area (Å²) in [5.41, 5.74) is 3.26. The van der Waals surface area contributed by atoms with E-state index in [0.717, 1.165) is 67.5 Å². The Balaban J connectivity index is 1.26. The molecule has 2 aromatic rings. The Hall–Kier alpha value is -2.45. The van der Waals surface area contributed by atoms with Crippen LogP contribution in [0.3, 0.4) is 0 Å². The van der Waals surface area contributed by atoms with Gasteiger partial charge in [-0.05, 0) is 30.9 Å². The van der Waals surface area contributed by atoms with Gasteiger partial charge in [-0.25, -0.2) is 4.98 Å². The van der Waals surface area contributed by atoms with E-state index in [4.69, 9.17) is 0 Å². The van der Waals surface area contributed by atoms with Crippen molar-refractivity contribution < 1.29 is 9.59 Å². The van der Waals surface area contributed by atoms with E-state index in [1.165, 1.54) is 0 Å². The molecule has 1 aromatic heterocycles. The number of nitrogens with one attached hydrogen (secondary N) is 1. The minimum atomic E-state index is 0.0468. The monoisotopic (exact) mass is 441 g/mol. The van der Waals surface area contributed by atoms with Gasteiger partial charge >= 0.3 is 0 Å². The third-order valence-corrected chi connectivity index (χ3v) is 6.98. The van der Waals surface area contributed by atoms with Crippen molar-refractivity contribution in [1.82, 2.24) is 20.1 Å². The van der Waals surface area contributed by atoms with Crippen LogP contribution in [0.2, 0.25) is 0 Å². The van der Waals surface area contributed by atoms with Crippen LogP contribution in [0.1, 0.15) is 36.1 Å². The lowest BCUT2D eigenvalue weighted by Gasteiger charge is -2.21. The van der Waals surface area contributed by atoms with Crippen molar-refractivity contribution in [1.29, 1.82) is 0 Å². The smallest absolute Gasteiger partial charge is 0.234 e. The van der Waals surface area contributed by atoms with Crippen LogP contribution in [0, 0.1) is 6.92 Å². The quantitative estimate of drug-likeness (QED) is 0.715. The fourth-order valence-electron chi connectivity index (χ4n) is 4.22. The van der Waals surface area contributed by atoms with E-state index in [0.29, 0.717) is 26.1 Å². The number of benzene rings is 1. The summed E-state index contributed by atoms with van der Waals surface area (Å²) in [4.78, 5) is 35.6. The van der Waals surface area contributed by atoms with Crippen molar-refractivity contribution in [2.75, 3.05) is 44.2 Å². The standard InChI is InChI=1S/C23H31N5O2S/c1-18-17-31-23(25-18)27-11-5-9-26(12-13-27)16-21(29)24-14-19-6-2-3-7-20(19)15-28-10-4-8-22(28)30/h2-3,6-7,17H,4-5,8-16H2,1H3,(H,24,29). The number of hydrogen-bond donors (Lipinski definition) is 1. The minimum Gasteiger partial charge on any atom is -0.351 e. The van der Waals surface area contributed by atoms with E-state index < -0.39 is 0 Å². The molecule has 8 heteroatoms. The summed E-state index contributed by atoms with van der Waals surface area (Å²) in [6.07, 6.45) is 2.61. The second kappa shape index (κ2) is 10.2. The Morgan fingerprint density at radius 3 is 2.68 bits per heavy atom. The van der Waals surface area contributed by atoms with E-state index in [1.807, 2.05) is 30.0 Å². The van der Waals surface area contributed by atoms with Crippen LogP contribution in [-0.2, 0) is 22.7 Å². The number of likely N-dealkylation sites (tertiary alicyclic amines) is 1. The Labute approximate surface area is 188 Å². The van der Waals surface area contributed by atoms with Crippen molar-refractivity contribution in [3.05, 3.63) is 46.5 Å². The number of nitrogens with zero attached hydrogens (tertiary/aromatic N) is 4. The summed E-state index contributed by atoms with van der Waals surface area (Å²) < 4.78 is 0. The van der Waals surface area contributed by atoms with Crippen molar-refractivity contribution in [2.45, 2.75) is 39.3 Å². The molecular weight excluding hydrogens is 410 g/mol. The molecule has 4 rings (SSSR count). The lowest BCUT2D eigenvalue weighted by atomic mass is 10.1. The van der Waals surface area contributed by atoms with Gasteiger partial charge in [0.2, 0.25) is 11.8 Å². The van der Waals surface area contributed by atoms with Gasteiger partial charge < -0.3 is 15.1 Å². The highest BCUT2D eigenvalue weighted by Crippen LogP contribution is 2.21. The molecule has 0 spiro atoms. The predicted octanol–water partition coefficient (Wildman–Crippen LogP) is 2.40. The predicted molar refractivity (Wildman–Crippen MR) is 123 cm³/mol. The second-order valence-electron chi connectivity index (χ2n) is 8.35. The average Bonchev–Trinajstić information content (AvgIpc) is 3.30. The molecule has 2 aliphatic heterocycles. The van der Waals surface area contributed by atoms with Crippen LogP contribution >= 0.6 is 11.3 Å². The van der Waals surface area contributed by atoms with Gasteiger partial charge in [0, 0.05) is 57.6 Å². The van der Waals surface area contributed by atoms with Gasteiger partial charge in [-0.1, -0.05) is 24.3 Å². The summed E-state index contributed by atoms with van der Waals surface area (Å²) in [5.74, 6) is 0.271.